The van der Waals surface area contributed by atoms with Gasteiger partial charge in [-0.2, -0.15) is 0 Å². The number of ether oxygens (including phenoxy) is 1. The second kappa shape index (κ2) is 6.45. The average Bonchev–Trinajstić information content (AvgIpc) is 3.02. The molecule has 0 aromatic carbocycles. The highest BCUT2D eigenvalue weighted by Gasteiger charge is 2.23. The van der Waals surface area contributed by atoms with E-state index in [1.54, 1.807) is 18.7 Å². The topological polar surface area (TPSA) is 80.2 Å². The number of amides is 1. The van der Waals surface area contributed by atoms with Crippen molar-refractivity contribution in [3.63, 3.8) is 0 Å². The van der Waals surface area contributed by atoms with Gasteiger partial charge in [-0.1, -0.05) is 11.8 Å². The summed E-state index contributed by atoms with van der Waals surface area (Å²) in [5.41, 5.74) is -0.257. The van der Waals surface area contributed by atoms with Gasteiger partial charge in [0, 0.05) is 20.7 Å². The van der Waals surface area contributed by atoms with Gasteiger partial charge in [-0.3, -0.25) is 9.36 Å². The van der Waals surface area contributed by atoms with Crippen LogP contribution in [0.1, 0.15) is 19.8 Å². The smallest absolute Gasteiger partial charge is 0.344 e. The number of carbonyl (C=O) groups excluding carboxylic acids is 1. The molecule has 1 saturated heterocycles. The third kappa shape index (κ3) is 3.43. The van der Waals surface area contributed by atoms with E-state index in [9.17, 15) is 9.59 Å². The Hall–Kier alpha value is -1.28. The Bertz CT molecular complexity index is 519. The van der Waals surface area contributed by atoms with E-state index in [-0.39, 0.29) is 23.0 Å². The van der Waals surface area contributed by atoms with Crippen LogP contribution in [-0.4, -0.2) is 57.6 Å². The number of nitrogens with one attached hydrogen (secondary N) is 1. The normalized spacial score (nSPS) is 20.1. The molecule has 20 heavy (non-hydrogen) atoms. The largest absolute Gasteiger partial charge is 0.376 e. The molecule has 7 nitrogen and oxygen atoms in total. The highest BCUT2D eigenvalue weighted by atomic mass is 32.2. The Morgan fingerprint density at radius 3 is 3.00 bits per heavy atom. The van der Waals surface area contributed by atoms with Gasteiger partial charge in [0.2, 0.25) is 5.91 Å². The summed E-state index contributed by atoms with van der Waals surface area (Å²) in [7, 11) is 3.42. The zero-order chi connectivity index (χ0) is 14.7. The number of hydrogen-bond donors (Lipinski definition) is 1. The van der Waals surface area contributed by atoms with Crippen LogP contribution in [0.4, 0.5) is 0 Å². The van der Waals surface area contributed by atoms with Crippen LogP contribution in [0.15, 0.2) is 9.95 Å². The highest BCUT2D eigenvalue weighted by molar-refractivity contribution is 8.00. The van der Waals surface area contributed by atoms with E-state index in [0.717, 1.165) is 19.4 Å². The maximum Gasteiger partial charge on any atom is 0.344 e. The van der Waals surface area contributed by atoms with E-state index in [4.69, 9.17) is 4.74 Å². The van der Waals surface area contributed by atoms with Gasteiger partial charge in [-0.05, 0) is 19.8 Å². The Morgan fingerprint density at radius 2 is 2.40 bits per heavy atom. The number of hydrogen-bond acceptors (Lipinski definition) is 5. The van der Waals surface area contributed by atoms with Crippen LogP contribution in [0, 0.1) is 0 Å². The minimum atomic E-state index is -0.288. The van der Waals surface area contributed by atoms with Crippen LogP contribution >= 0.6 is 11.8 Å². The molecule has 1 fully saturated rings. The summed E-state index contributed by atoms with van der Waals surface area (Å²) < 4.78 is 7.10. The van der Waals surface area contributed by atoms with Gasteiger partial charge >= 0.3 is 5.69 Å². The molecule has 0 radical (unpaired) electrons. The standard InChI is InChI=1S/C12H20N4O3S/c1-8(10(17)15(2)3)20-12-14-13-11(18)16(12)7-9-5-4-6-19-9/h8-9H,4-7H2,1-3H3,(H,13,18). The van der Waals surface area contributed by atoms with E-state index in [1.807, 2.05) is 6.92 Å². The first-order valence-electron chi connectivity index (χ1n) is 6.63. The zero-order valence-corrected chi connectivity index (χ0v) is 12.8. The highest BCUT2D eigenvalue weighted by Crippen LogP contribution is 2.22. The first-order valence-corrected chi connectivity index (χ1v) is 7.51. The van der Waals surface area contributed by atoms with Crippen LogP contribution in [-0.2, 0) is 16.1 Å². The van der Waals surface area contributed by atoms with Crippen molar-refractivity contribution in [1.82, 2.24) is 19.7 Å². The van der Waals surface area contributed by atoms with Crippen molar-refractivity contribution < 1.29 is 9.53 Å². The van der Waals surface area contributed by atoms with Crippen LogP contribution in [0.25, 0.3) is 0 Å². The number of aromatic amines is 1. The first-order chi connectivity index (χ1) is 9.49. The summed E-state index contributed by atoms with van der Waals surface area (Å²) in [5.74, 6) is -0.00545. The summed E-state index contributed by atoms with van der Waals surface area (Å²) in [6.07, 6.45) is 2.04. The molecule has 1 aliphatic heterocycles. The third-order valence-electron chi connectivity index (χ3n) is 3.20. The van der Waals surface area contributed by atoms with Crippen LogP contribution in [0.2, 0.25) is 0 Å². The predicted octanol–water partition coefficient (Wildman–Crippen LogP) is 0.319. The molecule has 1 N–H and O–H groups in total. The van der Waals surface area contributed by atoms with Gasteiger partial charge < -0.3 is 9.64 Å². The van der Waals surface area contributed by atoms with Crippen molar-refractivity contribution in [3.8, 4) is 0 Å². The molecular weight excluding hydrogens is 280 g/mol. The first kappa shape index (κ1) is 15.1. The van der Waals surface area contributed by atoms with Crippen LogP contribution < -0.4 is 5.69 Å². The van der Waals surface area contributed by atoms with E-state index < -0.39 is 0 Å². The number of nitrogens with zero attached hydrogens (tertiary/aromatic N) is 3. The monoisotopic (exact) mass is 300 g/mol. The SMILES string of the molecule is CC(Sc1n[nH]c(=O)n1CC1CCCO1)C(=O)N(C)C. The maximum absolute atomic E-state index is 11.9. The van der Waals surface area contributed by atoms with Crippen LogP contribution in [0.3, 0.4) is 0 Å². The van der Waals surface area contributed by atoms with Crippen molar-refractivity contribution in [2.45, 2.75) is 42.8 Å². The Kier molecular flexibility index (Phi) is 4.87. The summed E-state index contributed by atoms with van der Waals surface area (Å²) in [6, 6.07) is 0. The van der Waals surface area contributed by atoms with Crippen molar-refractivity contribution in [1.29, 1.82) is 0 Å². The molecule has 1 aromatic rings. The second-order valence-electron chi connectivity index (χ2n) is 5.05. The summed E-state index contributed by atoms with van der Waals surface area (Å²) in [6.45, 7) is 3.04. The number of rotatable bonds is 5. The van der Waals surface area contributed by atoms with Crippen LogP contribution in [0.5, 0.6) is 0 Å². The predicted molar refractivity (Wildman–Crippen MR) is 75.8 cm³/mol. The quantitative estimate of drug-likeness (QED) is 0.792. The van der Waals surface area contributed by atoms with Crippen molar-refractivity contribution >= 4 is 17.7 Å². The Labute approximate surface area is 121 Å². The molecule has 1 aromatic heterocycles. The van der Waals surface area contributed by atoms with Gasteiger partial charge in [0.15, 0.2) is 5.16 Å². The lowest BCUT2D eigenvalue weighted by Crippen LogP contribution is -2.30. The van der Waals surface area contributed by atoms with Gasteiger partial charge in [-0.15, -0.1) is 5.10 Å². The zero-order valence-electron chi connectivity index (χ0n) is 12.0. The lowest BCUT2D eigenvalue weighted by molar-refractivity contribution is -0.127. The molecular formula is C12H20N4O3S. The minimum Gasteiger partial charge on any atom is -0.376 e. The number of carbonyl (C=O) groups is 1. The van der Waals surface area contributed by atoms with Crippen molar-refractivity contribution in [2.75, 3.05) is 20.7 Å². The molecule has 0 saturated carbocycles. The molecule has 0 spiro atoms. The van der Waals surface area contributed by atoms with E-state index >= 15 is 0 Å². The molecule has 2 unspecified atom stereocenters. The van der Waals surface area contributed by atoms with Gasteiger partial charge in [0.1, 0.15) is 0 Å². The molecule has 1 aliphatic rings. The number of H-pyrrole nitrogens is 1. The molecule has 0 bridgehead atoms. The number of aromatic nitrogens is 3. The lowest BCUT2D eigenvalue weighted by Gasteiger charge is -2.16. The minimum absolute atomic E-state index is 0.00545. The maximum atomic E-state index is 11.9. The molecule has 112 valence electrons. The Balaban J connectivity index is 2.08. The number of thioether (sulfide) groups is 1. The van der Waals surface area contributed by atoms with E-state index in [2.05, 4.69) is 10.2 Å². The van der Waals surface area contributed by atoms with Crippen molar-refractivity contribution in [3.05, 3.63) is 10.5 Å². The van der Waals surface area contributed by atoms with Crippen molar-refractivity contribution in [2.24, 2.45) is 0 Å². The molecule has 2 rings (SSSR count). The summed E-state index contributed by atoms with van der Waals surface area (Å²) in [4.78, 5) is 25.2. The van der Waals surface area contributed by atoms with E-state index in [0.29, 0.717) is 11.7 Å². The molecule has 2 atom stereocenters. The van der Waals surface area contributed by atoms with Gasteiger partial charge in [0.25, 0.3) is 0 Å². The fourth-order valence-electron chi connectivity index (χ4n) is 2.12. The summed E-state index contributed by atoms with van der Waals surface area (Å²) >= 11 is 1.28. The molecule has 1 amide bonds. The fraction of sp³-hybridized carbons (Fsp3) is 0.750. The second-order valence-corrected chi connectivity index (χ2v) is 6.36. The third-order valence-corrected chi connectivity index (χ3v) is 4.28. The molecule has 0 aliphatic carbocycles. The molecule has 8 heteroatoms. The van der Waals surface area contributed by atoms with Gasteiger partial charge in [-0.25, -0.2) is 9.89 Å². The Morgan fingerprint density at radius 1 is 1.65 bits per heavy atom. The average molecular weight is 300 g/mol. The fourth-order valence-corrected chi connectivity index (χ4v) is 3.13. The summed E-state index contributed by atoms with van der Waals surface area (Å²) in [5, 5.41) is 6.69. The van der Waals surface area contributed by atoms with Gasteiger partial charge in [0.05, 0.1) is 17.9 Å². The van der Waals surface area contributed by atoms with E-state index in [1.165, 1.54) is 16.7 Å². The lowest BCUT2D eigenvalue weighted by atomic mass is 10.2. The molecule has 2 heterocycles.